The van der Waals surface area contributed by atoms with Crippen molar-refractivity contribution in [2.45, 2.75) is 51.2 Å². The highest BCUT2D eigenvalue weighted by molar-refractivity contribution is 5.80. The molecule has 1 atom stereocenters. The predicted molar refractivity (Wildman–Crippen MR) is 62.0 cm³/mol. The van der Waals surface area contributed by atoms with Crippen LogP contribution in [-0.2, 0) is 14.3 Å². The molecule has 1 unspecified atom stereocenters. The summed E-state index contributed by atoms with van der Waals surface area (Å²) in [5.74, 6) is 0.376. The summed E-state index contributed by atoms with van der Waals surface area (Å²) in [5, 5.41) is 0. The first-order chi connectivity index (χ1) is 7.45. The van der Waals surface area contributed by atoms with E-state index in [-0.39, 0.29) is 12.7 Å². The number of esters is 1. The Morgan fingerprint density at radius 3 is 2.44 bits per heavy atom. The molecule has 0 saturated heterocycles. The average Bonchev–Trinajstić information content (AvgIpc) is 2.27. The van der Waals surface area contributed by atoms with E-state index in [9.17, 15) is 4.79 Å². The molecule has 16 heavy (non-hydrogen) atoms. The fraction of sp³-hybridized carbons (Fsp3) is 0.917. The van der Waals surface area contributed by atoms with Gasteiger partial charge >= 0.3 is 5.97 Å². The van der Waals surface area contributed by atoms with Crippen LogP contribution in [0.3, 0.4) is 0 Å². The van der Waals surface area contributed by atoms with E-state index in [1.54, 1.807) is 6.92 Å². The lowest BCUT2D eigenvalue weighted by atomic mass is 9.89. The van der Waals surface area contributed by atoms with Gasteiger partial charge in [0.25, 0.3) is 0 Å². The van der Waals surface area contributed by atoms with Crippen LogP contribution in [0.5, 0.6) is 0 Å². The minimum Gasteiger partial charge on any atom is -0.468 e. The molecule has 2 N–H and O–H groups in total. The lowest BCUT2D eigenvalue weighted by Gasteiger charge is -2.29. The highest BCUT2D eigenvalue weighted by atomic mass is 16.5. The number of ether oxygens (including phenoxy) is 2. The minimum atomic E-state index is -1.03. The highest BCUT2D eigenvalue weighted by Crippen LogP contribution is 2.26. The molecule has 0 aromatic carbocycles. The van der Waals surface area contributed by atoms with Crippen molar-refractivity contribution in [3.63, 3.8) is 0 Å². The summed E-state index contributed by atoms with van der Waals surface area (Å²) < 4.78 is 10.3. The molecular weight excluding hydrogens is 206 g/mol. The molecule has 4 nitrogen and oxygen atoms in total. The van der Waals surface area contributed by atoms with Gasteiger partial charge in [0.1, 0.15) is 5.54 Å². The quantitative estimate of drug-likeness (QED) is 0.742. The summed E-state index contributed by atoms with van der Waals surface area (Å²) in [4.78, 5) is 11.3. The topological polar surface area (TPSA) is 61.5 Å². The van der Waals surface area contributed by atoms with Crippen LogP contribution in [0.1, 0.15) is 39.5 Å². The van der Waals surface area contributed by atoms with E-state index in [1.807, 2.05) is 0 Å². The Hall–Kier alpha value is -0.610. The third kappa shape index (κ3) is 3.76. The largest absolute Gasteiger partial charge is 0.468 e. The number of carbonyl (C=O) groups is 1. The van der Waals surface area contributed by atoms with E-state index in [2.05, 4.69) is 11.7 Å². The molecule has 94 valence electrons. The smallest absolute Gasteiger partial charge is 0.327 e. The zero-order valence-electron chi connectivity index (χ0n) is 10.5. The maximum Gasteiger partial charge on any atom is 0.327 e. The number of hydrogen-bond acceptors (Lipinski definition) is 4. The summed E-state index contributed by atoms with van der Waals surface area (Å²) in [5.41, 5.74) is 4.79. The maximum absolute atomic E-state index is 11.3. The minimum absolute atomic E-state index is 0.235. The van der Waals surface area contributed by atoms with Crippen molar-refractivity contribution >= 4 is 5.97 Å². The lowest BCUT2D eigenvalue weighted by Crippen LogP contribution is -2.50. The Morgan fingerprint density at radius 1 is 1.38 bits per heavy atom. The van der Waals surface area contributed by atoms with Gasteiger partial charge < -0.3 is 15.2 Å². The molecule has 0 aromatic rings. The second kappa shape index (κ2) is 5.64. The van der Waals surface area contributed by atoms with Crippen LogP contribution in [0.15, 0.2) is 0 Å². The fourth-order valence-corrected chi connectivity index (χ4v) is 1.98. The lowest BCUT2D eigenvalue weighted by molar-refractivity contribution is -0.150. The molecule has 0 spiro atoms. The third-order valence-electron chi connectivity index (χ3n) is 3.23. The molecule has 0 aliphatic heterocycles. The first kappa shape index (κ1) is 13.5. The monoisotopic (exact) mass is 229 g/mol. The van der Waals surface area contributed by atoms with Gasteiger partial charge in [0.05, 0.1) is 19.8 Å². The normalized spacial score (nSPS) is 29.5. The fourth-order valence-electron chi connectivity index (χ4n) is 1.98. The Morgan fingerprint density at radius 2 is 1.94 bits per heavy atom. The van der Waals surface area contributed by atoms with Gasteiger partial charge in [-0.15, -0.1) is 0 Å². The second-order valence-corrected chi connectivity index (χ2v) is 5.10. The van der Waals surface area contributed by atoms with Gasteiger partial charge in [0, 0.05) is 0 Å². The van der Waals surface area contributed by atoms with E-state index in [0.29, 0.717) is 0 Å². The number of methoxy groups -OCH3 is 1. The number of rotatable bonds is 4. The molecular formula is C12H23NO3. The summed E-state index contributed by atoms with van der Waals surface area (Å²) >= 11 is 0. The van der Waals surface area contributed by atoms with Crippen molar-refractivity contribution in [1.82, 2.24) is 0 Å². The molecule has 0 radical (unpaired) electrons. The van der Waals surface area contributed by atoms with Gasteiger partial charge in [-0.3, -0.25) is 0 Å². The zero-order chi connectivity index (χ0) is 12.2. The van der Waals surface area contributed by atoms with Crippen LogP contribution in [0, 0.1) is 5.92 Å². The number of nitrogens with two attached hydrogens (primary N) is 1. The molecule has 1 aliphatic rings. The van der Waals surface area contributed by atoms with Crippen molar-refractivity contribution < 1.29 is 14.3 Å². The van der Waals surface area contributed by atoms with E-state index in [0.717, 1.165) is 18.8 Å². The molecule has 1 aliphatic carbocycles. The van der Waals surface area contributed by atoms with Crippen LogP contribution in [0.2, 0.25) is 0 Å². The van der Waals surface area contributed by atoms with Crippen LogP contribution in [-0.4, -0.2) is 31.3 Å². The molecule has 1 rings (SSSR count). The van der Waals surface area contributed by atoms with Crippen LogP contribution >= 0.6 is 0 Å². The van der Waals surface area contributed by atoms with Crippen molar-refractivity contribution in [3.8, 4) is 0 Å². The summed E-state index contributed by atoms with van der Waals surface area (Å²) in [6.45, 7) is 4.14. The highest BCUT2D eigenvalue weighted by Gasteiger charge is 2.31. The third-order valence-corrected chi connectivity index (χ3v) is 3.23. The van der Waals surface area contributed by atoms with Crippen LogP contribution < -0.4 is 5.73 Å². The van der Waals surface area contributed by atoms with Gasteiger partial charge in [-0.2, -0.15) is 0 Å². The van der Waals surface area contributed by atoms with Crippen molar-refractivity contribution in [1.29, 1.82) is 0 Å². The Balaban J connectivity index is 2.31. The summed E-state index contributed by atoms with van der Waals surface area (Å²) in [7, 11) is 1.34. The second-order valence-electron chi connectivity index (χ2n) is 5.10. The van der Waals surface area contributed by atoms with Gasteiger partial charge in [0.15, 0.2) is 0 Å². The Kier molecular flexibility index (Phi) is 4.74. The molecule has 4 heteroatoms. The molecule has 0 bridgehead atoms. The average molecular weight is 229 g/mol. The summed E-state index contributed by atoms with van der Waals surface area (Å²) in [6.07, 6.45) is 4.79. The van der Waals surface area contributed by atoms with Crippen LogP contribution in [0.25, 0.3) is 0 Å². The van der Waals surface area contributed by atoms with E-state index >= 15 is 0 Å². The van der Waals surface area contributed by atoms with Crippen molar-refractivity contribution in [3.05, 3.63) is 0 Å². The first-order valence-corrected chi connectivity index (χ1v) is 5.94. The zero-order valence-corrected chi connectivity index (χ0v) is 10.5. The first-order valence-electron chi connectivity index (χ1n) is 5.94. The SMILES string of the molecule is COC(=O)C(C)(N)COC1CCC(C)CC1. The van der Waals surface area contributed by atoms with Crippen molar-refractivity contribution in [2.75, 3.05) is 13.7 Å². The standard InChI is InChI=1S/C12H23NO3/c1-9-4-6-10(7-5-9)16-8-12(2,13)11(14)15-3/h9-10H,4-8,13H2,1-3H3. The number of hydrogen-bond donors (Lipinski definition) is 1. The Bertz CT molecular complexity index is 232. The van der Waals surface area contributed by atoms with Crippen molar-refractivity contribution in [2.24, 2.45) is 11.7 Å². The van der Waals surface area contributed by atoms with Gasteiger partial charge in [0.2, 0.25) is 0 Å². The predicted octanol–water partition coefficient (Wildman–Crippen LogP) is 1.47. The molecule has 0 amide bonds. The van der Waals surface area contributed by atoms with Gasteiger partial charge in [-0.05, 0) is 38.5 Å². The van der Waals surface area contributed by atoms with Gasteiger partial charge in [-0.1, -0.05) is 6.92 Å². The summed E-state index contributed by atoms with van der Waals surface area (Å²) in [6, 6.07) is 0. The molecule has 0 heterocycles. The van der Waals surface area contributed by atoms with Gasteiger partial charge in [-0.25, -0.2) is 4.79 Å². The van der Waals surface area contributed by atoms with Crippen LogP contribution in [0.4, 0.5) is 0 Å². The van der Waals surface area contributed by atoms with E-state index < -0.39 is 11.5 Å². The maximum atomic E-state index is 11.3. The van der Waals surface area contributed by atoms with E-state index in [4.69, 9.17) is 10.5 Å². The molecule has 1 fully saturated rings. The molecule has 0 aromatic heterocycles. The van der Waals surface area contributed by atoms with E-state index in [1.165, 1.54) is 20.0 Å². The molecule has 1 saturated carbocycles. The number of carbonyl (C=O) groups excluding carboxylic acids is 1. The Labute approximate surface area is 97.5 Å².